The van der Waals surface area contributed by atoms with E-state index in [2.05, 4.69) is 140 Å². The SMILES string of the molecule is CC(C=CC1=C(C)CCCC1(C)C)=CC=CC(C)=Cc1cc(C=CC=C(C)C2OC2C2=C(C)CCCC2(C)C)cc[n+]1CCO. The van der Waals surface area contributed by atoms with E-state index in [4.69, 9.17) is 4.74 Å². The molecule has 2 unspecified atom stereocenters. The van der Waals surface area contributed by atoms with Gasteiger partial charge in [-0.15, -0.1) is 0 Å². The van der Waals surface area contributed by atoms with E-state index in [1.54, 1.807) is 0 Å². The molecule has 0 saturated carbocycles. The molecule has 2 heterocycles. The van der Waals surface area contributed by atoms with Crippen molar-refractivity contribution in [3.8, 4) is 0 Å². The Bertz CT molecular complexity index is 1480. The van der Waals surface area contributed by atoms with Crippen LogP contribution in [0.25, 0.3) is 12.2 Å². The van der Waals surface area contributed by atoms with Gasteiger partial charge in [0.15, 0.2) is 12.7 Å². The van der Waals surface area contributed by atoms with Gasteiger partial charge >= 0.3 is 0 Å². The van der Waals surface area contributed by atoms with Crippen LogP contribution < -0.4 is 4.57 Å². The van der Waals surface area contributed by atoms with Crippen LogP contribution in [0.15, 0.2) is 99.9 Å². The van der Waals surface area contributed by atoms with Gasteiger partial charge in [-0.3, -0.25) is 0 Å². The van der Waals surface area contributed by atoms with Gasteiger partial charge in [0.25, 0.3) is 0 Å². The molecule has 3 aliphatic rings. The third-order valence-electron chi connectivity index (χ3n) is 10.00. The van der Waals surface area contributed by atoms with Crippen molar-refractivity contribution < 1.29 is 14.4 Å². The smallest absolute Gasteiger partial charge is 0.206 e. The van der Waals surface area contributed by atoms with E-state index in [0.29, 0.717) is 6.54 Å². The van der Waals surface area contributed by atoms with Crippen LogP contribution in [0, 0.1) is 10.8 Å². The molecule has 0 amide bonds. The number of aliphatic hydroxyl groups excluding tert-OH is 1. The number of ether oxygens (including phenoxy) is 1. The fraction of sp³-hybridized carbons (Fsp3) is 0.500. The molecule has 1 N–H and O–H groups in total. The van der Waals surface area contributed by atoms with Crippen LogP contribution in [0.1, 0.15) is 112 Å². The molecule has 1 aliphatic heterocycles. The van der Waals surface area contributed by atoms with E-state index >= 15 is 0 Å². The lowest BCUT2D eigenvalue weighted by atomic mass is 9.71. The van der Waals surface area contributed by atoms with Gasteiger partial charge in [0.1, 0.15) is 18.8 Å². The van der Waals surface area contributed by atoms with Gasteiger partial charge in [-0.05, 0) is 112 Å². The van der Waals surface area contributed by atoms with Gasteiger partial charge < -0.3 is 9.84 Å². The number of aliphatic hydroxyl groups is 1. The lowest BCUT2D eigenvalue weighted by molar-refractivity contribution is -0.699. The van der Waals surface area contributed by atoms with Crippen LogP contribution >= 0.6 is 0 Å². The van der Waals surface area contributed by atoms with Crippen molar-refractivity contribution in [2.75, 3.05) is 6.61 Å². The summed E-state index contributed by atoms with van der Waals surface area (Å²) in [5.74, 6) is 0. The Morgan fingerprint density at radius 1 is 0.911 bits per heavy atom. The van der Waals surface area contributed by atoms with Crippen LogP contribution in [-0.2, 0) is 11.3 Å². The Balaban J connectivity index is 1.43. The highest BCUT2D eigenvalue weighted by molar-refractivity contribution is 5.57. The number of rotatable bonds is 11. The summed E-state index contributed by atoms with van der Waals surface area (Å²) in [5.41, 5.74) is 12.5. The highest BCUT2D eigenvalue weighted by atomic mass is 16.6. The van der Waals surface area contributed by atoms with Crippen molar-refractivity contribution in [2.24, 2.45) is 10.8 Å². The van der Waals surface area contributed by atoms with Crippen molar-refractivity contribution in [1.29, 1.82) is 0 Å². The lowest BCUT2D eigenvalue weighted by Gasteiger charge is -2.34. The Morgan fingerprint density at radius 3 is 2.31 bits per heavy atom. The fourth-order valence-corrected chi connectivity index (χ4v) is 7.37. The van der Waals surface area contributed by atoms with Gasteiger partial charge in [-0.2, -0.15) is 4.57 Å². The summed E-state index contributed by atoms with van der Waals surface area (Å²) in [5, 5.41) is 9.66. The average Bonchev–Trinajstić information content (AvgIpc) is 3.73. The van der Waals surface area contributed by atoms with Gasteiger partial charge in [-0.1, -0.05) is 93.0 Å². The van der Waals surface area contributed by atoms with Crippen LogP contribution in [0.3, 0.4) is 0 Å². The molecule has 3 heteroatoms. The van der Waals surface area contributed by atoms with Crippen LogP contribution in [0.4, 0.5) is 0 Å². The molecule has 1 fully saturated rings. The molecule has 45 heavy (non-hydrogen) atoms. The van der Waals surface area contributed by atoms with Crippen molar-refractivity contribution in [3.05, 3.63) is 111 Å². The number of allylic oxidation sites excluding steroid dienone is 12. The first kappa shape index (κ1) is 34.9. The third-order valence-corrected chi connectivity index (χ3v) is 10.00. The summed E-state index contributed by atoms with van der Waals surface area (Å²) in [6.07, 6.45) is 29.7. The predicted octanol–water partition coefficient (Wildman–Crippen LogP) is 10.2. The van der Waals surface area contributed by atoms with E-state index in [9.17, 15) is 5.11 Å². The first-order chi connectivity index (χ1) is 21.3. The zero-order valence-corrected chi connectivity index (χ0v) is 29.5. The Kier molecular flexibility index (Phi) is 11.7. The predicted molar refractivity (Wildman–Crippen MR) is 192 cm³/mol. The van der Waals surface area contributed by atoms with Crippen molar-refractivity contribution in [2.45, 2.75) is 120 Å². The highest BCUT2D eigenvalue weighted by Crippen LogP contribution is 2.49. The van der Waals surface area contributed by atoms with E-state index in [1.165, 1.54) is 72.0 Å². The first-order valence-corrected chi connectivity index (χ1v) is 17.1. The summed E-state index contributed by atoms with van der Waals surface area (Å²) in [4.78, 5) is 0. The summed E-state index contributed by atoms with van der Waals surface area (Å²) in [6.45, 7) is 21.2. The van der Waals surface area contributed by atoms with Gasteiger partial charge in [-0.25, -0.2) is 0 Å². The van der Waals surface area contributed by atoms with E-state index in [-0.39, 0.29) is 29.6 Å². The highest BCUT2D eigenvalue weighted by Gasteiger charge is 2.48. The second-order valence-corrected chi connectivity index (χ2v) is 14.9. The molecule has 2 atom stereocenters. The standard InChI is InChI=1S/C42H58NO2/c1-30(20-21-37-32(3)17-12-23-41(37,6)7)14-10-15-31(2)28-36-29-35(22-25-43(36)26-27-44)19-11-16-34(5)39-40(45-39)38-33(4)18-13-24-42(38,8)9/h10-11,14-16,19-22,25,28-29,39-40,44H,12-13,17-18,23-24,26-27H2,1-9H3/q+1. The number of pyridine rings is 1. The minimum atomic E-state index is 0.105. The molecule has 0 bridgehead atoms. The molecule has 1 aromatic heterocycles. The lowest BCUT2D eigenvalue weighted by Crippen LogP contribution is -2.38. The zero-order valence-electron chi connectivity index (χ0n) is 29.5. The largest absolute Gasteiger partial charge is 0.390 e. The molecular weight excluding hydrogens is 550 g/mol. The topological polar surface area (TPSA) is 36.6 Å². The monoisotopic (exact) mass is 608 g/mol. The van der Waals surface area contributed by atoms with E-state index < -0.39 is 0 Å². The second-order valence-electron chi connectivity index (χ2n) is 14.9. The van der Waals surface area contributed by atoms with E-state index in [0.717, 1.165) is 16.8 Å². The summed E-state index contributed by atoms with van der Waals surface area (Å²) >= 11 is 0. The molecular formula is C42H58NO2+. The third kappa shape index (κ3) is 9.27. The van der Waals surface area contributed by atoms with Crippen LogP contribution in [0.5, 0.6) is 0 Å². The van der Waals surface area contributed by atoms with Gasteiger partial charge in [0.05, 0.1) is 0 Å². The average molecular weight is 609 g/mol. The number of epoxide rings is 1. The van der Waals surface area contributed by atoms with Crippen molar-refractivity contribution in [1.82, 2.24) is 0 Å². The molecule has 0 radical (unpaired) electrons. The molecule has 0 aromatic carbocycles. The van der Waals surface area contributed by atoms with Crippen molar-refractivity contribution in [3.63, 3.8) is 0 Å². The van der Waals surface area contributed by atoms with E-state index in [1.807, 2.05) is 0 Å². The Morgan fingerprint density at radius 2 is 1.62 bits per heavy atom. The second kappa shape index (κ2) is 15.1. The normalized spacial score (nSPS) is 24.5. The first-order valence-electron chi connectivity index (χ1n) is 17.1. The zero-order chi connectivity index (χ0) is 32.8. The maximum Gasteiger partial charge on any atom is 0.206 e. The van der Waals surface area contributed by atoms with Crippen LogP contribution in [-0.4, -0.2) is 23.9 Å². The minimum absolute atomic E-state index is 0.105. The maximum atomic E-state index is 9.66. The van der Waals surface area contributed by atoms with Crippen LogP contribution in [0.2, 0.25) is 0 Å². The summed E-state index contributed by atoms with van der Waals surface area (Å²) < 4.78 is 8.33. The molecule has 2 aliphatic carbocycles. The molecule has 1 saturated heterocycles. The Labute approximate surface area is 274 Å². The Hall–Kier alpha value is -3.01. The molecule has 0 spiro atoms. The van der Waals surface area contributed by atoms with Gasteiger partial charge in [0, 0.05) is 18.2 Å². The fourth-order valence-electron chi connectivity index (χ4n) is 7.37. The summed E-state index contributed by atoms with van der Waals surface area (Å²) in [6, 6.07) is 4.30. The molecule has 4 rings (SSSR count). The maximum absolute atomic E-state index is 9.66. The number of aromatic nitrogens is 1. The number of nitrogens with zero attached hydrogens (tertiary/aromatic N) is 1. The molecule has 1 aromatic rings. The number of hydrogen-bond acceptors (Lipinski definition) is 2. The van der Waals surface area contributed by atoms with Crippen molar-refractivity contribution >= 4 is 12.2 Å². The quantitative estimate of drug-likeness (QED) is 0.117. The summed E-state index contributed by atoms with van der Waals surface area (Å²) in [7, 11) is 0. The van der Waals surface area contributed by atoms with Gasteiger partial charge in [0.2, 0.25) is 5.69 Å². The molecule has 3 nitrogen and oxygen atoms in total. The number of hydrogen-bond donors (Lipinski definition) is 1. The minimum Gasteiger partial charge on any atom is -0.390 e. The molecule has 242 valence electrons.